The topological polar surface area (TPSA) is 63.2 Å². The van der Waals surface area contributed by atoms with Gasteiger partial charge in [0.05, 0.1) is 16.0 Å². The number of nitrogens with one attached hydrogen (secondary N) is 1. The molecular formula is C19H25Cl2NO3. The second kappa shape index (κ2) is 10.6. The van der Waals surface area contributed by atoms with Crippen molar-refractivity contribution in [2.24, 2.45) is 11.8 Å². The van der Waals surface area contributed by atoms with Gasteiger partial charge in [0.2, 0.25) is 5.91 Å². The Kier molecular flexibility index (Phi) is 9.15. The molecule has 0 aromatic heterocycles. The van der Waals surface area contributed by atoms with Gasteiger partial charge in [-0.1, -0.05) is 56.8 Å². The zero-order valence-electron chi connectivity index (χ0n) is 14.9. The number of anilines is 1. The molecule has 1 rings (SSSR count). The summed E-state index contributed by atoms with van der Waals surface area (Å²) in [5, 5.41) is 3.43. The van der Waals surface area contributed by atoms with Crippen LogP contribution in [0, 0.1) is 11.8 Å². The van der Waals surface area contributed by atoms with Crippen molar-refractivity contribution in [2.45, 2.75) is 52.9 Å². The number of amides is 1. The second-order valence-electron chi connectivity index (χ2n) is 6.40. The Morgan fingerprint density at radius 2 is 1.76 bits per heavy atom. The highest BCUT2D eigenvalue weighted by Crippen LogP contribution is 2.25. The summed E-state index contributed by atoms with van der Waals surface area (Å²) in [6.45, 7) is 5.61. The van der Waals surface area contributed by atoms with Crippen molar-refractivity contribution >= 4 is 46.4 Å². The Morgan fingerprint density at radius 1 is 1.08 bits per heavy atom. The van der Waals surface area contributed by atoms with Crippen LogP contribution in [0.15, 0.2) is 18.2 Å². The third kappa shape index (κ3) is 7.17. The quantitative estimate of drug-likeness (QED) is 0.554. The van der Waals surface area contributed by atoms with Crippen molar-refractivity contribution in [1.29, 1.82) is 0 Å². The SMILES string of the molecule is CCCC[C@@H](C(=O)CCC(=O)Nc1ccc(Cl)c(Cl)c1)C(=O)C(C)C. The number of hydrogen-bond donors (Lipinski definition) is 1. The van der Waals surface area contributed by atoms with Gasteiger partial charge in [-0.2, -0.15) is 0 Å². The highest BCUT2D eigenvalue weighted by Gasteiger charge is 2.27. The maximum Gasteiger partial charge on any atom is 0.224 e. The Hall–Kier alpha value is -1.39. The van der Waals surface area contributed by atoms with E-state index in [4.69, 9.17) is 23.2 Å². The number of hydrogen-bond acceptors (Lipinski definition) is 3. The molecule has 138 valence electrons. The largest absolute Gasteiger partial charge is 0.326 e. The number of benzene rings is 1. The first-order chi connectivity index (χ1) is 11.8. The molecule has 0 bridgehead atoms. The van der Waals surface area contributed by atoms with Gasteiger partial charge >= 0.3 is 0 Å². The van der Waals surface area contributed by atoms with Crippen molar-refractivity contribution in [3.8, 4) is 0 Å². The van der Waals surface area contributed by atoms with Gasteiger partial charge in [0, 0.05) is 24.4 Å². The summed E-state index contributed by atoms with van der Waals surface area (Å²) < 4.78 is 0. The zero-order valence-corrected chi connectivity index (χ0v) is 16.4. The van der Waals surface area contributed by atoms with E-state index >= 15 is 0 Å². The van der Waals surface area contributed by atoms with Crippen LogP contribution >= 0.6 is 23.2 Å². The first-order valence-corrected chi connectivity index (χ1v) is 9.33. The van der Waals surface area contributed by atoms with E-state index < -0.39 is 5.92 Å². The van der Waals surface area contributed by atoms with E-state index in [1.54, 1.807) is 32.0 Å². The molecule has 0 unspecified atom stereocenters. The van der Waals surface area contributed by atoms with Crippen molar-refractivity contribution in [3.63, 3.8) is 0 Å². The lowest BCUT2D eigenvalue weighted by Crippen LogP contribution is -2.28. The summed E-state index contributed by atoms with van der Waals surface area (Å²) in [5.74, 6) is -1.27. The number of Topliss-reactive ketones (excluding diaryl/α,β-unsaturated/α-hetero) is 2. The molecule has 0 saturated heterocycles. The zero-order chi connectivity index (χ0) is 19.0. The monoisotopic (exact) mass is 385 g/mol. The van der Waals surface area contributed by atoms with Crippen molar-refractivity contribution in [1.82, 2.24) is 0 Å². The van der Waals surface area contributed by atoms with E-state index in [9.17, 15) is 14.4 Å². The minimum Gasteiger partial charge on any atom is -0.326 e. The van der Waals surface area contributed by atoms with Gasteiger partial charge in [-0.3, -0.25) is 14.4 Å². The van der Waals surface area contributed by atoms with Gasteiger partial charge in [0.1, 0.15) is 11.6 Å². The normalized spacial score (nSPS) is 12.1. The minimum atomic E-state index is -0.599. The number of ketones is 2. The third-order valence-corrected chi connectivity index (χ3v) is 4.69. The van der Waals surface area contributed by atoms with E-state index in [2.05, 4.69) is 5.32 Å². The molecule has 1 aromatic carbocycles. The van der Waals surface area contributed by atoms with Crippen LogP contribution in [0.3, 0.4) is 0 Å². The van der Waals surface area contributed by atoms with Crippen LogP contribution in [0.25, 0.3) is 0 Å². The molecule has 0 radical (unpaired) electrons. The lowest BCUT2D eigenvalue weighted by Gasteiger charge is -2.16. The summed E-state index contributed by atoms with van der Waals surface area (Å²) in [7, 11) is 0. The van der Waals surface area contributed by atoms with E-state index in [0.29, 0.717) is 22.2 Å². The Labute approximate surface area is 159 Å². The van der Waals surface area contributed by atoms with Crippen LogP contribution in [0.1, 0.15) is 52.9 Å². The number of carbonyl (C=O) groups is 3. The lowest BCUT2D eigenvalue weighted by molar-refractivity contribution is -0.135. The number of halogens is 2. The minimum absolute atomic E-state index is 0.0348. The molecule has 0 heterocycles. The molecule has 1 N–H and O–H groups in total. The van der Waals surface area contributed by atoms with Gasteiger partial charge < -0.3 is 5.32 Å². The average molecular weight is 386 g/mol. The molecule has 1 aromatic rings. The second-order valence-corrected chi connectivity index (χ2v) is 7.21. The fourth-order valence-electron chi connectivity index (χ4n) is 2.48. The molecule has 0 aliphatic heterocycles. The van der Waals surface area contributed by atoms with Crippen LogP contribution in [-0.2, 0) is 14.4 Å². The van der Waals surface area contributed by atoms with Crippen molar-refractivity contribution < 1.29 is 14.4 Å². The summed E-state index contributed by atoms with van der Waals surface area (Å²) in [6, 6.07) is 4.78. The molecular weight excluding hydrogens is 361 g/mol. The van der Waals surface area contributed by atoms with Crippen LogP contribution in [-0.4, -0.2) is 17.5 Å². The van der Waals surface area contributed by atoms with Crippen LogP contribution in [0.2, 0.25) is 10.0 Å². The lowest BCUT2D eigenvalue weighted by atomic mass is 9.86. The molecule has 0 fully saturated rings. The fraction of sp³-hybridized carbons (Fsp3) is 0.526. The van der Waals surface area contributed by atoms with Gasteiger partial charge in [0.15, 0.2) is 0 Å². The number of unbranched alkanes of at least 4 members (excludes halogenated alkanes) is 1. The predicted molar refractivity (Wildman–Crippen MR) is 102 cm³/mol. The summed E-state index contributed by atoms with van der Waals surface area (Å²) in [4.78, 5) is 36.7. The highest BCUT2D eigenvalue weighted by molar-refractivity contribution is 6.42. The van der Waals surface area contributed by atoms with Crippen molar-refractivity contribution in [3.05, 3.63) is 28.2 Å². The number of rotatable bonds is 10. The van der Waals surface area contributed by atoms with Crippen molar-refractivity contribution in [2.75, 3.05) is 5.32 Å². The van der Waals surface area contributed by atoms with E-state index in [0.717, 1.165) is 12.8 Å². The smallest absolute Gasteiger partial charge is 0.224 e. The van der Waals surface area contributed by atoms with Crippen LogP contribution < -0.4 is 5.32 Å². The van der Waals surface area contributed by atoms with E-state index in [1.165, 1.54) is 0 Å². The molecule has 1 atom stereocenters. The third-order valence-electron chi connectivity index (χ3n) is 3.95. The Balaban J connectivity index is 2.60. The molecule has 1 amide bonds. The van der Waals surface area contributed by atoms with Gasteiger partial charge in [-0.25, -0.2) is 0 Å². The first-order valence-electron chi connectivity index (χ1n) is 8.57. The average Bonchev–Trinajstić information content (AvgIpc) is 2.56. The van der Waals surface area contributed by atoms with Gasteiger partial charge in [-0.15, -0.1) is 0 Å². The van der Waals surface area contributed by atoms with Crippen LogP contribution in [0.4, 0.5) is 5.69 Å². The van der Waals surface area contributed by atoms with E-state index in [-0.39, 0.29) is 36.2 Å². The molecule has 0 saturated carbocycles. The molecule has 0 aliphatic carbocycles. The Bertz CT molecular complexity index is 629. The first kappa shape index (κ1) is 21.7. The van der Waals surface area contributed by atoms with Gasteiger partial charge in [0.25, 0.3) is 0 Å². The summed E-state index contributed by atoms with van der Waals surface area (Å²) in [6.07, 6.45) is 2.39. The fourth-order valence-corrected chi connectivity index (χ4v) is 2.78. The maximum atomic E-state index is 12.4. The summed E-state index contributed by atoms with van der Waals surface area (Å²) >= 11 is 11.7. The molecule has 0 aliphatic rings. The number of carbonyl (C=O) groups excluding carboxylic acids is 3. The standard InChI is InChI=1S/C19H25Cl2NO3/c1-4-5-6-14(19(25)12(2)3)17(23)9-10-18(24)22-13-7-8-15(20)16(21)11-13/h7-8,11-12,14H,4-6,9-10H2,1-3H3,(H,22,24)/t14-/m0/s1. The molecule has 0 spiro atoms. The highest BCUT2D eigenvalue weighted by atomic mass is 35.5. The Morgan fingerprint density at radius 3 is 2.32 bits per heavy atom. The van der Waals surface area contributed by atoms with Crippen LogP contribution in [0.5, 0.6) is 0 Å². The molecule has 6 heteroatoms. The van der Waals surface area contributed by atoms with Gasteiger partial charge in [-0.05, 0) is 24.6 Å². The maximum absolute atomic E-state index is 12.4. The van der Waals surface area contributed by atoms with E-state index in [1.807, 2.05) is 6.92 Å². The summed E-state index contributed by atoms with van der Waals surface area (Å²) in [5.41, 5.74) is 0.521. The predicted octanol–water partition coefficient (Wildman–Crippen LogP) is 5.31. The molecule has 4 nitrogen and oxygen atoms in total. The molecule has 25 heavy (non-hydrogen) atoms.